The average molecular weight is 321 g/mol. The van der Waals surface area contributed by atoms with E-state index in [-0.39, 0.29) is 5.54 Å². The van der Waals surface area contributed by atoms with Crippen molar-refractivity contribution in [2.45, 2.75) is 33.2 Å². The topological polar surface area (TPSA) is 36.5 Å². The number of morpholine rings is 1. The van der Waals surface area contributed by atoms with E-state index in [4.69, 9.17) is 17.0 Å². The Balaban J connectivity index is 1.89. The number of hydrogen-bond acceptors (Lipinski definition) is 3. The van der Waals surface area contributed by atoms with Gasteiger partial charge in [-0.3, -0.25) is 4.90 Å². The molecule has 0 bridgehead atoms. The first kappa shape index (κ1) is 17.2. The number of nitrogens with zero attached hydrogens (tertiary/aromatic N) is 1. The quantitative estimate of drug-likeness (QED) is 0.834. The fourth-order valence-electron chi connectivity index (χ4n) is 2.75. The van der Waals surface area contributed by atoms with Crippen molar-refractivity contribution in [1.82, 2.24) is 10.2 Å². The fraction of sp³-hybridized carbons (Fsp3) is 0.588. The summed E-state index contributed by atoms with van der Waals surface area (Å²) in [5, 5.41) is 7.37. The van der Waals surface area contributed by atoms with Gasteiger partial charge in [0.05, 0.1) is 13.2 Å². The van der Waals surface area contributed by atoms with E-state index in [0.29, 0.717) is 5.11 Å². The maximum Gasteiger partial charge on any atom is 0.170 e. The fourth-order valence-corrected chi connectivity index (χ4v) is 2.92. The predicted octanol–water partition coefficient (Wildman–Crippen LogP) is 2.70. The average Bonchev–Trinajstić information content (AvgIpc) is 2.50. The summed E-state index contributed by atoms with van der Waals surface area (Å²) in [5.74, 6) is 0. The summed E-state index contributed by atoms with van der Waals surface area (Å²) in [7, 11) is 0. The van der Waals surface area contributed by atoms with E-state index in [1.165, 1.54) is 11.1 Å². The number of anilines is 1. The molecule has 0 radical (unpaired) electrons. The largest absolute Gasteiger partial charge is 0.379 e. The Kier molecular flexibility index (Phi) is 5.78. The van der Waals surface area contributed by atoms with Crippen molar-refractivity contribution in [2.24, 2.45) is 0 Å². The van der Waals surface area contributed by atoms with Gasteiger partial charge in [-0.2, -0.15) is 0 Å². The molecule has 0 unspecified atom stereocenters. The van der Waals surface area contributed by atoms with Gasteiger partial charge in [-0.05, 0) is 51.0 Å². The van der Waals surface area contributed by atoms with Crippen LogP contribution >= 0.6 is 12.2 Å². The Morgan fingerprint density at radius 1 is 1.23 bits per heavy atom. The van der Waals surface area contributed by atoms with Crippen LogP contribution in [0.2, 0.25) is 0 Å². The van der Waals surface area contributed by atoms with Crippen molar-refractivity contribution in [1.29, 1.82) is 0 Å². The molecule has 1 aromatic carbocycles. The summed E-state index contributed by atoms with van der Waals surface area (Å²) in [6.07, 6.45) is 0. The molecular formula is C17H27N3OS. The van der Waals surface area contributed by atoms with Crippen LogP contribution in [0.1, 0.15) is 25.0 Å². The van der Waals surface area contributed by atoms with Gasteiger partial charge in [0.1, 0.15) is 0 Å². The number of aryl methyl sites for hydroxylation is 2. The summed E-state index contributed by atoms with van der Waals surface area (Å²) in [6.45, 7) is 13.1. The van der Waals surface area contributed by atoms with Crippen molar-refractivity contribution in [3.63, 3.8) is 0 Å². The standard InChI is InChI=1S/C17H27N3OS/c1-13-6-5-7-14(2)15(13)19-16(22)18-12-17(3,4)20-8-10-21-11-9-20/h5-7H,8-12H2,1-4H3,(H2,18,19,22). The highest BCUT2D eigenvalue weighted by molar-refractivity contribution is 7.80. The van der Waals surface area contributed by atoms with Gasteiger partial charge in [0, 0.05) is 30.9 Å². The molecule has 1 aromatic rings. The van der Waals surface area contributed by atoms with Gasteiger partial charge in [-0.1, -0.05) is 18.2 Å². The van der Waals surface area contributed by atoms with Crippen molar-refractivity contribution >= 4 is 23.0 Å². The van der Waals surface area contributed by atoms with Crippen LogP contribution in [0.5, 0.6) is 0 Å². The van der Waals surface area contributed by atoms with Gasteiger partial charge in [-0.25, -0.2) is 0 Å². The number of ether oxygens (including phenoxy) is 1. The summed E-state index contributed by atoms with van der Waals surface area (Å²) < 4.78 is 5.43. The number of hydrogen-bond donors (Lipinski definition) is 2. The van der Waals surface area contributed by atoms with E-state index < -0.39 is 0 Å². The van der Waals surface area contributed by atoms with Crippen LogP contribution in [0.3, 0.4) is 0 Å². The lowest BCUT2D eigenvalue weighted by molar-refractivity contribution is -0.00823. The molecule has 2 N–H and O–H groups in total. The zero-order valence-electron chi connectivity index (χ0n) is 14.0. The Morgan fingerprint density at radius 2 is 1.82 bits per heavy atom. The highest BCUT2D eigenvalue weighted by atomic mass is 32.1. The lowest BCUT2D eigenvalue weighted by Gasteiger charge is -2.41. The van der Waals surface area contributed by atoms with E-state index in [2.05, 4.69) is 61.4 Å². The van der Waals surface area contributed by atoms with Gasteiger partial charge in [-0.15, -0.1) is 0 Å². The zero-order chi connectivity index (χ0) is 16.2. The molecule has 122 valence electrons. The molecule has 4 nitrogen and oxygen atoms in total. The van der Waals surface area contributed by atoms with Gasteiger partial charge < -0.3 is 15.4 Å². The molecule has 1 heterocycles. The number of rotatable bonds is 4. The number of nitrogens with one attached hydrogen (secondary N) is 2. The van der Waals surface area contributed by atoms with E-state index >= 15 is 0 Å². The van der Waals surface area contributed by atoms with Crippen LogP contribution in [0.4, 0.5) is 5.69 Å². The molecule has 0 aromatic heterocycles. The summed E-state index contributed by atoms with van der Waals surface area (Å²) in [6, 6.07) is 6.25. The van der Waals surface area contributed by atoms with E-state index in [1.54, 1.807) is 0 Å². The lowest BCUT2D eigenvalue weighted by Crippen LogP contribution is -2.55. The first-order valence-electron chi connectivity index (χ1n) is 7.84. The Labute approximate surface area is 139 Å². The molecule has 0 atom stereocenters. The molecule has 1 aliphatic heterocycles. The van der Waals surface area contributed by atoms with Crippen LogP contribution in [0, 0.1) is 13.8 Å². The molecule has 22 heavy (non-hydrogen) atoms. The van der Waals surface area contributed by atoms with Crippen molar-refractivity contribution in [3.05, 3.63) is 29.3 Å². The third-order valence-corrected chi connectivity index (χ3v) is 4.51. The number of benzene rings is 1. The van der Waals surface area contributed by atoms with Gasteiger partial charge in [0.25, 0.3) is 0 Å². The highest BCUT2D eigenvalue weighted by Gasteiger charge is 2.28. The first-order chi connectivity index (χ1) is 10.4. The van der Waals surface area contributed by atoms with Crippen LogP contribution in [-0.2, 0) is 4.74 Å². The maximum absolute atomic E-state index is 5.46. The maximum atomic E-state index is 5.46. The molecule has 0 aliphatic carbocycles. The SMILES string of the molecule is Cc1cccc(C)c1NC(=S)NCC(C)(C)N1CCOCC1. The van der Waals surface area contributed by atoms with Gasteiger partial charge in [0.2, 0.25) is 0 Å². The summed E-state index contributed by atoms with van der Waals surface area (Å²) in [4.78, 5) is 2.45. The van der Waals surface area contributed by atoms with Gasteiger partial charge >= 0.3 is 0 Å². The highest BCUT2D eigenvalue weighted by Crippen LogP contribution is 2.19. The smallest absolute Gasteiger partial charge is 0.170 e. The molecular weight excluding hydrogens is 294 g/mol. The monoisotopic (exact) mass is 321 g/mol. The Hall–Kier alpha value is -1.17. The minimum absolute atomic E-state index is 0.0519. The Morgan fingerprint density at radius 3 is 2.41 bits per heavy atom. The molecule has 1 aliphatic rings. The molecule has 5 heteroatoms. The second-order valence-corrected chi connectivity index (χ2v) is 6.89. The molecule has 0 spiro atoms. The van der Waals surface area contributed by atoms with Crippen LogP contribution < -0.4 is 10.6 Å². The minimum Gasteiger partial charge on any atom is -0.379 e. The molecule has 1 fully saturated rings. The van der Waals surface area contributed by atoms with Gasteiger partial charge in [0.15, 0.2) is 5.11 Å². The number of para-hydroxylation sites is 1. The molecule has 1 saturated heterocycles. The third kappa shape index (κ3) is 4.41. The predicted molar refractivity (Wildman–Crippen MR) is 96.6 cm³/mol. The summed E-state index contributed by atoms with van der Waals surface area (Å²) >= 11 is 5.46. The number of thiocarbonyl (C=S) groups is 1. The second kappa shape index (κ2) is 7.40. The van der Waals surface area contributed by atoms with E-state index in [9.17, 15) is 0 Å². The normalized spacial score (nSPS) is 16.4. The third-order valence-electron chi connectivity index (χ3n) is 4.27. The van der Waals surface area contributed by atoms with Crippen LogP contribution in [-0.4, -0.2) is 48.4 Å². The van der Waals surface area contributed by atoms with E-state index in [1.807, 2.05) is 0 Å². The van der Waals surface area contributed by atoms with Crippen molar-refractivity contribution < 1.29 is 4.74 Å². The van der Waals surface area contributed by atoms with Crippen molar-refractivity contribution in [3.8, 4) is 0 Å². The summed E-state index contributed by atoms with van der Waals surface area (Å²) in [5.41, 5.74) is 3.56. The van der Waals surface area contributed by atoms with Crippen LogP contribution in [0.15, 0.2) is 18.2 Å². The molecule has 0 amide bonds. The molecule has 2 rings (SSSR count). The van der Waals surface area contributed by atoms with E-state index in [0.717, 1.165) is 38.5 Å². The Bertz CT molecular complexity index is 504. The lowest BCUT2D eigenvalue weighted by atomic mass is 10.0. The molecule has 0 saturated carbocycles. The first-order valence-corrected chi connectivity index (χ1v) is 8.25. The van der Waals surface area contributed by atoms with Crippen LogP contribution in [0.25, 0.3) is 0 Å². The van der Waals surface area contributed by atoms with Crippen molar-refractivity contribution in [2.75, 3.05) is 38.2 Å². The minimum atomic E-state index is 0.0519. The zero-order valence-corrected chi connectivity index (χ0v) is 14.8. The second-order valence-electron chi connectivity index (χ2n) is 6.49.